The Morgan fingerprint density at radius 1 is 1.22 bits per heavy atom. The summed E-state index contributed by atoms with van der Waals surface area (Å²) >= 11 is 0. The lowest BCUT2D eigenvalue weighted by atomic mass is 9.86. The Morgan fingerprint density at radius 2 is 1.89 bits per heavy atom. The minimum Gasteiger partial charge on any atom is -0.435 e. The van der Waals surface area contributed by atoms with E-state index < -0.39 is 39.0 Å². The highest BCUT2D eigenvalue weighted by Gasteiger charge is 2.46. The van der Waals surface area contributed by atoms with E-state index in [1.54, 1.807) is 57.5 Å². The van der Waals surface area contributed by atoms with E-state index in [0.29, 0.717) is 22.3 Å². The molecule has 0 saturated carbocycles. The largest absolute Gasteiger partial charge is 0.435 e. The van der Waals surface area contributed by atoms with Gasteiger partial charge in [0.2, 0.25) is 0 Å². The third-order valence-corrected chi connectivity index (χ3v) is 8.79. The van der Waals surface area contributed by atoms with Crippen LogP contribution in [0.15, 0.2) is 36.5 Å². The summed E-state index contributed by atoms with van der Waals surface area (Å²) in [5, 5.41) is 18.3. The molecular formula is C24H28F2N4O5S. The van der Waals surface area contributed by atoms with Crippen molar-refractivity contribution in [2.45, 2.75) is 57.9 Å². The summed E-state index contributed by atoms with van der Waals surface area (Å²) in [6, 6.07) is 7.59. The molecule has 2 aromatic heterocycles. The Morgan fingerprint density at radius 3 is 2.47 bits per heavy atom. The van der Waals surface area contributed by atoms with E-state index in [2.05, 4.69) is 20.1 Å². The van der Waals surface area contributed by atoms with Crippen LogP contribution < -0.4 is 10.1 Å². The van der Waals surface area contributed by atoms with Crippen LogP contribution in [0.4, 0.5) is 8.78 Å². The van der Waals surface area contributed by atoms with Crippen LogP contribution in [0.3, 0.4) is 0 Å². The van der Waals surface area contributed by atoms with Gasteiger partial charge in [-0.25, -0.2) is 8.42 Å². The molecule has 194 valence electrons. The number of pyridine rings is 1. The highest BCUT2D eigenvalue weighted by molar-refractivity contribution is 7.93. The first-order valence-electron chi connectivity index (χ1n) is 11.2. The molecular weight excluding hydrogens is 494 g/mol. The normalized spacial score (nSPS) is 17.1. The minimum absolute atomic E-state index is 0.0494. The third-order valence-electron chi connectivity index (χ3n) is 6.63. The third kappa shape index (κ3) is 4.79. The van der Waals surface area contributed by atoms with Gasteiger partial charge in [-0.15, -0.1) is 0 Å². The summed E-state index contributed by atoms with van der Waals surface area (Å²) in [5.74, 6) is -0.838. The van der Waals surface area contributed by atoms with Crippen molar-refractivity contribution in [1.82, 2.24) is 20.1 Å². The molecule has 36 heavy (non-hydrogen) atoms. The maximum absolute atomic E-state index is 13.0. The van der Waals surface area contributed by atoms with E-state index in [1.807, 2.05) is 0 Å². The van der Waals surface area contributed by atoms with Gasteiger partial charge in [0.05, 0.1) is 39.3 Å². The second-order valence-electron chi connectivity index (χ2n) is 10.4. The summed E-state index contributed by atoms with van der Waals surface area (Å²) in [6.07, 6.45) is 1.35. The van der Waals surface area contributed by atoms with Crippen LogP contribution in [0.1, 0.15) is 45.0 Å². The fourth-order valence-corrected chi connectivity index (χ4v) is 6.17. The lowest BCUT2D eigenvalue weighted by Gasteiger charge is -2.38. The molecule has 1 saturated heterocycles. The number of nitrogens with one attached hydrogen (secondary N) is 1. The average molecular weight is 523 g/mol. The van der Waals surface area contributed by atoms with Gasteiger partial charge in [-0.3, -0.25) is 14.5 Å². The van der Waals surface area contributed by atoms with Gasteiger partial charge in [-0.1, -0.05) is 12.1 Å². The smallest absolute Gasteiger partial charge is 0.387 e. The molecule has 3 heterocycles. The quantitative estimate of drug-likeness (QED) is 0.489. The van der Waals surface area contributed by atoms with Crippen molar-refractivity contribution in [3.63, 3.8) is 0 Å². The van der Waals surface area contributed by atoms with Crippen LogP contribution in [0, 0.1) is 0 Å². The Labute approximate surface area is 207 Å². The molecule has 1 amide bonds. The predicted octanol–water partition coefficient (Wildman–Crippen LogP) is 3.12. The van der Waals surface area contributed by atoms with Crippen LogP contribution in [0.25, 0.3) is 22.3 Å². The molecule has 0 spiro atoms. The first kappa shape index (κ1) is 26.0. The van der Waals surface area contributed by atoms with Crippen molar-refractivity contribution in [3.8, 4) is 17.0 Å². The number of hydrogen-bond acceptors (Lipinski definition) is 7. The topological polar surface area (TPSA) is 123 Å². The summed E-state index contributed by atoms with van der Waals surface area (Å²) in [4.78, 5) is 17.4. The number of benzene rings is 1. The molecule has 4 rings (SSSR count). The van der Waals surface area contributed by atoms with E-state index >= 15 is 0 Å². The van der Waals surface area contributed by atoms with Crippen molar-refractivity contribution >= 4 is 26.8 Å². The van der Waals surface area contributed by atoms with Crippen LogP contribution >= 0.6 is 0 Å². The van der Waals surface area contributed by atoms with Crippen LogP contribution in [0.5, 0.6) is 5.75 Å². The molecule has 1 aliphatic heterocycles. The number of fused-ring (bicyclic) bond motifs is 1. The number of alkyl halides is 2. The van der Waals surface area contributed by atoms with Gasteiger partial charge in [0.25, 0.3) is 5.91 Å². The van der Waals surface area contributed by atoms with Crippen LogP contribution in [-0.4, -0.2) is 63.5 Å². The number of ether oxygens (including phenoxy) is 1. The molecule has 1 aliphatic rings. The fourth-order valence-electron chi connectivity index (χ4n) is 4.17. The number of carbonyl (C=O) groups is 1. The Hall–Kier alpha value is -3.12. The maximum Gasteiger partial charge on any atom is 0.387 e. The van der Waals surface area contributed by atoms with E-state index in [1.165, 1.54) is 18.3 Å². The summed E-state index contributed by atoms with van der Waals surface area (Å²) in [5.41, 5.74) is -1.30. The number of sulfone groups is 1. The number of amides is 1. The second kappa shape index (κ2) is 8.48. The standard InChI is InChI=1S/C24H28F2N4O5S/c1-22(2,23(3,4)32)30-17-10-15(20(31)28-24(5)12-36(33,34)13-24)11-27-19(17)18(29-30)14-7-6-8-16(9-14)35-21(25)26/h6-11,21,32H,12-13H2,1-5H3,(H,28,31). The van der Waals surface area contributed by atoms with E-state index in [-0.39, 0.29) is 22.8 Å². The fraction of sp³-hybridized carbons (Fsp3) is 0.458. The summed E-state index contributed by atoms with van der Waals surface area (Å²) < 4.78 is 54.8. The van der Waals surface area contributed by atoms with Crippen LogP contribution in [-0.2, 0) is 15.4 Å². The van der Waals surface area contributed by atoms with Gasteiger partial charge in [-0.2, -0.15) is 13.9 Å². The van der Waals surface area contributed by atoms with Crippen molar-refractivity contribution in [3.05, 3.63) is 42.1 Å². The van der Waals surface area contributed by atoms with Gasteiger partial charge < -0.3 is 15.2 Å². The van der Waals surface area contributed by atoms with Gasteiger partial charge >= 0.3 is 6.61 Å². The number of hydrogen-bond donors (Lipinski definition) is 2. The Kier molecular flexibility index (Phi) is 6.11. The van der Waals surface area contributed by atoms with Crippen molar-refractivity contribution < 1.29 is 31.8 Å². The maximum atomic E-state index is 13.0. The van der Waals surface area contributed by atoms with E-state index in [0.717, 1.165) is 0 Å². The lowest BCUT2D eigenvalue weighted by molar-refractivity contribution is -0.0498. The molecule has 9 nitrogen and oxygen atoms in total. The zero-order chi connectivity index (χ0) is 26.7. The number of aliphatic hydroxyl groups is 1. The second-order valence-corrected chi connectivity index (χ2v) is 12.5. The number of carbonyl (C=O) groups excluding carboxylic acids is 1. The number of nitrogens with zero attached hydrogens (tertiary/aromatic N) is 3. The monoisotopic (exact) mass is 522 g/mol. The number of rotatable bonds is 7. The van der Waals surface area contributed by atoms with Gasteiger partial charge in [0, 0.05) is 11.8 Å². The summed E-state index contributed by atoms with van der Waals surface area (Å²) in [6.45, 7) is 5.46. The summed E-state index contributed by atoms with van der Waals surface area (Å²) in [7, 11) is -3.16. The minimum atomic E-state index is -3.16. The van der Waals surface area contributed by atoms with E-state index in [4.69, 9.17) is 0 Å². The molecule has 0 aliphatic carbocycles. The van der Waals surface area contributed by atoms with Gasteiger partial charge in [0.1, 0.15) is 17.0 Å². The SMILES string of the molecule is CC1(NC(=O)c2cnc3c(-c4cccc(OC(F)F)c4)nn(C(C)(C)C(C)(C)O)c3c2)CS(=O)(=O)C1. The highest BCUT2D eigenvalue weighted by atomic mass is 32.2. The Balaban J connectivity index is 1.82. The highest BCUT2D eigenvalue weighted by Crippen LogP contribution is 2.36. The first-order valence-corrected chi connectivity index (χ1v) is 13.0. The molecule has 0 bridgehead atoms. The molecule has 1 aromatic carbocycles. The number of halogens is 2. The van der Waals surface area contributed by atoms with Gasteiger partial charge in [0.15, 0.2) is 9.84 Å². The predicted molar refractivity (Wildman–Crippen MR) is 130 cm³/mol. The zero-order valence-electron chi connectivity index (χ0n) is 20.5. The molecule has 0 radical (unpaired) electrons. The van der Waals surface area contributed by atoms with Crippen molar-refractivity contribution in [2.75, 3.05) is 11.5 Å². The first-order chi connectivity index (χ1) is 16.5. The molecule has 2 N–H and O–H groups in total. The lowest BCUT2D eigenvalue weighted by Crippen LogP contribution is -2.63. The molecule has 1 fully saturated rings. The van der Waals surface area contributed by atoms with Gasteiger partial charge in [-0.05, 0) is 52.8 Å². The Bertz CT molecular complexity index is 1430. The molecule has 3 aromatic rings. The zero-order valence-corrected chi connectivity index (χ0v) is 21.4. The van der Waals surface area contributed by atoms with Crippen LogP contribution in [0.2, 0.25) is 0 Å². The van der Waals surface area contributed by atoms with Crippen molar-refractivity contribution in [1.29, 1.82) is 0 Å². The number of aromatic nitrogens is 3. The molecule has 0 unspecified atom stereocenters. The average Bonchev–Trinajstić information content (AvgIpc) is 3.10. The molecule has 0 atom stereocenters. The molecule has 12 heteroatoms. The van der Waals surface area contributed by atoms with E-state index in [9.17, 15) is 27.1 Å². The van der Waals surface area contributed by atoms with Crippen molar-refractivity contribution in [2.24, 2.45) is 0 Å².